The van der Waals surface area contributed by atoms with Crippen molar-refractivity contribution >= 4 is 0 Å². The maximum absolute atomic E-state index is 9.43. The van der Waals surface area contributed by atoms with Crippen LogP contribution in [0.2, 0.25) is 0 Å². The van der Waals surface area contributed by atoms with Crippen LogP contribution in [0.25, 0.3) is 0 Å². The first-order valence-electron chi connectivity index (χ1n) is 6.70. The van der Waals surface area contributed by atoms with Gasteiger partial charge in [-0.3, -0.25) is 4.90 Å². The molecular formula is C15H25NO2. The quantitative estimate of drug-likeness (QED) is 0.739. The van der Waals surface area contributed by atoms with Crippen molar-refractivity contribution in [3.05, 3.63) is 35.9 Å². The highest BCUT2D eigenvalue weighted by atomic mass is 16.3. The SMILES string of the molecule is C[C@H](O)CN(CCCc1ccccc1)C[C@H](C)O. The van der Waals surface area contributed by atoms with Gasteiger partial charge in [-0.2, -0.15) is 0 Å². The van der Waals surface area contributed by atoms with Gasteiger partial charge in [-0.15, -0.1) is 0 Å². The van der Waals surface area contributed by atoms with Crippen molar-refractivity contribution < 1.29 is 10.2 Å². The molecule has 0 heterocycles. The van der Waals surface area contributed by atoms with Gasteiger partial charge < -0.3 is 10.2 Å². The van der Waals surface area contributed by atoms with E-state index in [1.54, 1.807) is 13.8 Å². The third-order valence-corrected chi connectivity index (χ3v) is 2.83. The highest BCUT2D eigenvalue weighted by molar-refractivity contribution is 5.14. The Labute approximate surface area is 110 Å². The zero-order valence-corrected chi connectivity index (χ0v) is 11.4. The molecule has 1 aromatic carbocycles. The molecule has 1 rings (SSSR count). The second kappa shape index (κ2) is 8.25. The van der Waals surface area contributed by atoms with Crippen molar-refractivity contribution in [3.63, 3.8) is 0 Å². The number of hydrogen-bond donors (Lipinski definition) is 2. The van der Waals surface area contributed by atoms with Crippen molar-refractivity contribution in [2.45, 2.75) is 38.9 Å². The molecule has 0 aliphatic carbocycles. The molecule has 3 heteroatoms. The van der Waals surface area contributed by atoms with Crippen LogP contribution in [0.1, 0.15) is 25.8 Å². The summed E-state index contributed by atoms with van der Waals surface area (Å²) < 4.78 is 0. The molecule has 0 unspecified atom stereocenters. The van der Waals surface area contributed by atoms with Crippen LogP contribution in [0.4, 0.5) is 0 Å². The number of aryl methyl sites for hydroxylation is 1. The maximum Gasteiger partial charge on any atom is 0.0639 e. The lowest BCUT2D eigenvalue weighted by atomic mass is 10.1. The Morgan fingerprint density at radius 1 is 1.00 bits per heavy atom. The summed E-state index contributed by atoms with van der Waals surface area (Å²) in [6, 6.07) is 10.4. The predicted molar refractivity (Wildman–Crippen MR) is 74.6 cm³/mol. The number of benzene rings is 1. The molecule has 0 amide bonds. The summed E-state index contributed by atoms with van der Waals surface area (Å²) in [5.74, 6) is 0. The molecule has 2 N–H and O–H groups in total. The molecule has 0 saturated heterocycles. The first-order chi connectivity index (χ1) is 8.58. The summed E-state index contributed by atoms with van der Waals surface area (Å²) in [5, 5.41) is 18.9. The summed E-state index contributed by atoms with van der Waals surface area (Å²) in [7, 11) is 0. The molecule has 0 aliphatic rings. The molecular weight excluding hydrogens is 226 g/mol. The van der Waals surface area contributed by atoms with Crippen LogP contribution in [-0.2, 0) is 6.42 Å². The monoisotopic (exact) mass is 251 g/mol. The minimum absolute atomic E-state index is 0.347. The lowest BCUT2D eigenvalue weighted by Gasteiger charge is -2.24. The number of rotatable bonds is 8. The van der Waals surface area contributed by atoms with Gasteiger partial charge in [0.05, 0.1) is 12.2 Å². The average molecular weight is 251 g/mol. The molecule has 0 bridgehead atoms. The molecule has 0 spiro atoms. The van der Waals surface area contributed by atoms with Crippen LogP contribution < -0.4 is 0 Å². The number of aliphatic hydroxyl groups is 2. The molecule has 0 aliphatic heterocycles. The first-order valence-corrected chi connectivity index (χ1v) is 6.70. The zero-order valence-electron chi connectivity index (χ0n) is 11.4. The van der Waals surface area contributed by atoms with E-state index >= 15 is 0 Å². The Hall–Kier alpha value is -0.900. The van der Waals surface area contributed by atoms with Gasteiger partial charge in [-0.1, -0.05) is 30.3 Å². The minimum Gasteiger partial charge on any atom is -0.392 e. The number of nitrogens with zero attached hydrogens (tertiary/aromatic N) is 1. The second-order valence-corrected chi connectivity index (χ2v) is 5.05. The highest BCUT2D eigenvalue weighted by Crippen LogP contribution is 2.04. The van der Waals surface area contributed by atoms with Crippen molar-refractivity contribution in [1.82, 2.24) is 4.90 Å². The van der Waals surface area contributed by atoms with Gasteiger partial charge in [0, 0.05) is 13.1 Å². The third kappa shape index (κ3) is 6.74. The molecule has 3 nitrogen and oxygen atoms in total. The second-order valence-electron chi connectivity index (χ2n) is 5.05. The molecule has 0 aromatic heterocycles. The van der Waals surface area contributed by atoms with E-state index in [-0.39, 0.29) is 12.2 Å². The van der Waals surface area contributed by atoms with Crippen LogP contribution in [0, 0.1) is 0 Å². The summed E-state index contributed by atoms with van der Waals surface area (Å²) in [6.45, 7) is 5.72. The van der Waals surface area contributed by atoms with Gasteiger partial charge >= 0.3 is 0 Å². The van der Waals surface area contributed by atoms with E-state index in [1.807, 2.05) is 6.07 Å². The van der Waals surface area contributed by atoms with Gasteiger partial charge in [0.25, 0.3) is 0 Å². The zero-order chi connectivity index (χ0) is 13.4. The van der Waals surface area contributed by atoms with E-state index in [0.29, 0.717) is 13.1 Å². The lowest BCUT2D eigenvalue weighted by molar-refractivity contribution is 0.0830. The normalized spacial score (nSPS) is 14.7. The minimum atomic E-state index is -0.347. The first kappa shape index (κ1) is 15.2. The number of hydrogen-bond acceptors (Lipinski definition) is 3. The fourth-order valence-corrected chi connectivity index (χ4v) is 2.16. The van der Waals surface area contributed by atoms with Crippen LogP contribution >= 0.6 is 0 Å². The summed E-state index contributed by atoms with van der Waals surface area (Å²) >= 11 is 0. The molecule has 2 atom stereocenters. The van der Waals surface area contributed by atoms with Crippen molar-refractivity contribution in [1.29, 1.82) is 0 Å². The van der Waals surface area contributed by atoms with Crippen molar-refractivity contribution in [2.24, 2.45) is 0 Å². The van der Waals surface area contributed by atoms with Gasteiger partial charge in [-0.05, 0) is 38.8 Å². The predicted octanol–water partition coefficient (Wildman–Crippen LogP) is 1.68. The fraction of sp³-hybridized carbons (Fsp3) is 0.600. The molecule has 0 radical (unpaired) electrons. The molecule has 0 fully saturated rings. The van der Waals surface area contributed by atoms with Crippen molar-refractivity contribution in [3.8, 4) is 0 Å². The Balaban J connectivity index is 2.32. The molecule has 102 valence electrons. The van der Waals surface area contributed by atoms with E-state index in [4.69, 9.17) is 0 Å². The highest BCUT2D eigenvalue weighted by Gasteiger charge is 2.10. The van der Waals surface area contributed by atoms with Gasteiger partial charge in [0.1, 0.15) is 0 Å². The number of aliphatic hydroxyl groups excluding tert-OH is 2. The van der Waals surface area contributed by atoms with Gasteiger partial charge in [-0.25, -0.2) is 0 Å². The van der Waals surface area contributed by atoms with E-state index in [2.05, 4.69) is 29.2 Å². The Morgan fingerprint density at radius 2 is 1.56 bits per heavy atom. The third-order valence-electron chi connectivity index (χ3n) is 2.83. The van der Waals surface area contributed by atoms with Crippen LogP contribution in [-0.4, -0.2) is 47.0 Å². The van der Waals surface area contributed by atoms with Gasteiger partial charge in [0.15, 0.2) is 0 Å². The van der Waals surface area contributed by atoms with Crippen LogP contribution in [0.3, 0.4) is 0 Å². The van der Waals surface area contributed by atoms with Crippen LogP contribution in [0.5, 0.6) is 0 Å². The summed E-state index contributed by atoms with van der Waals surface area (Å²) in [6.07, 6.45) is 1.39. The van der Waals surface area contributed by atoms with E-state index in [1.165, 1.54) is 5.56 Å². The van der Waals surface area contributed by atoms with E-state index in [9.17, 15) is 10.2 Å². The Morgan fingerprint density at radius 3 is 2.06 bits per heavy atom. The maximum atomic E-state index is 9.43. The van der Waals surface area contributed by atoms with Crippen molar-refractivity contribution in [2.75, 3.05) is 19.6 Å². The topological polar surface area (TPSA) is 43.7 Å². The molecule has 18 heavy (non-hydrogen) atoms. The fourth-order valence-electron chi connectivity index (χ4n) is 2.16. The van der Waals surface area contributed by atoms with E-state index < -0.39 is 0 Å². The smallest absolute Gasteiger partial charge is 0.0639 e. The summed E-state index contributed by atoms with van der Waals surface area (Å²) in [4.78, 5) is 2.12. The Bertz CT molecular complexity index is 302. The average Bonchev–Trinajstić information content (AvgIpc) is 2.28. The Kier molecular flexibility index (Phi) is 6.94. The van der Waals surface area contributed by atoms with Crippen LogP contribution in [0.15, 0.2) is 30.3 Å². The largest absolute Gasteiger partial charge is 0.392 e. The molecule has 0 saturated carbocycles. The standard InChI is InChI=1S/C15H25NO2/c1-13(17)11-16(12-14(2)18)10-6-9-15-7-4-3-5-8-15/h3-5,7-8,13-14,17-18H,6,9-12H2,1-2H3/t13-,14-/m0/s1. The lowest BCUT2D eigenvalue weighted by Crippen LogP contribution is -2.37. The van der Waals surface area contributed by atoms with Gasteiger partial charge in [0.2, 0.25) is 0 Å². The molecule has 1 aromatic rings. The van der Waals surface area contributed by atoms with E-state index in [0.717, 1.165) is 19.4 Å². The summed E-state index contributed by atoms with van der Waals surface area (Å²) in [5.41, 5.74) is 1.34.